The van der Waals surface area contributed by atoms with Crippen LogP contribution in [0.15, 0.2) is 60.2 Å². The monoisotopic (exact) mass is 588 g/mol. The highest BCUT2D eigenvalue weighted by atomic mass is 19.1. The maximum atomic E-state index is 14.8. The minimum absolute atomic E-state index is 0.0176. The number of carbonyl (C=O) groups excluding carboxylic acids is 4. The number of anilines is 1. The zero-order valence-electron chi connectivity index (χ0n) is 23.7. The number of amides is 4. The molecule has 43 heavy (non-hydrogen) atoms. The number of hydrogen-bond acceptors (Lipinski definition) is 6. The molecule has 9 nitrogen and oxygen atoms in total. The number of halogens is 1. The van der Waals surface area contributed by atoms with Gasteiger partial charge in [0.1, 0.15) is 0 Å². The van der Waals surface area contributed by atoms with Crippen molar-refractivity contribution in [2.24, 2.45) is 29.1 Å². The molecule has 224 valence electrons. The van der Waals surface area contributed by atoms with E-state index in [0.717, 1.165) is 11.0 Å². The van der Waals surface area contributed by atoms with E-state index in [-0.39, 0.29) is 43.2 Å². The smallest absolute Gasteiger partial charge is 0.303 e. The molecule has 2 aromatic carbocycles. The Balaban J connectivity index is 1.39. The SMILES string of the molecule is C[C@@]12C(=O)N(c3ccccc3)C(=O)[C@@H]1C[C@@H]1C(=CC[C@@H]3C(=O)N(CCCCCC(=O)O)C(=O)[C@@H]31)[C@@H]2c1cccc(F)c1O. The van der Waals surface area contributed by atoms with E-state index in [1.807, 2.05) is 6.08 Å². The largest absolute Gasteiger partial charge is 0.505 e. The van der Waals surface area contributed by atoms with Crippen molar-refractivity contribution >= 4 is 35.3 Å². The number of allylic oxidation sites excluding steroid dienone is 2. The van der Waals surface area contributed by atoms with Crippen molar-refractivity contribution in [2.45, 2.75) is 51.4 Å². The van der Waals surface area contributed by atoms with Gasteiger partial charge in [0.2, 0.25) is 23.6 Å². The fraction of sp³-hybridized carbons (Fsp3) is 0.424. The molecule has 4 amide bonds. The number of phenols is 1. The lowest BCUT2D eigenvalue weighted by molar-refractivity contribution is -0.141. The number of carbonyl (C=O) groups is 5. The predicted octanol–water partition coefficient (Wildman–Crippen LogP) is 4.41. The second-order valence-corrected chi connectivity index (χ2v) is 12.2. The van der Waals surface area contributed by atoms with Crippen LogP contribution in [0, 0.1) is 34.9 Å². The summed E-state index contributed by atoms with van der Waals surface area (Å²) in [6.07, 6.45) is 3.76. The quantitative estimate of drug-likeness (QED) is 0.265. The lowest BCUT2D eigenvalue weighted by Gasteiger charge is -2.49. The van der Waals surface area contributed by atoms with Gasteiger partial charge < -0.3 is 10.2 Å². The van der Waals surface area contributed by atoms with Crippen molar-refractivity contribution < 1.29 is 38.6 Å². The van der Waals surface area contributed by atoms with Crippen LogP contribution >= 0.6 is 0 Å². The Bertz CT molecular complexity index is 1560. The molecule has 1 saturated carbocycles. The van der Waals surface area contributed by atoms with E-state index in [0.29, 0.717) is 30.5 Å². The molecule has 0 spiro atoms. The number of phenolic OH excluding ortho intramolecular Hbond substituents is 1. The van der Waals surface area contributed by atoms with Crippen LogP contribution in [0.1, 0.15) is 56.9 Å². The summed E-state index contributed by atoms with van der Waals surface area (Å²) in [5.41, 5.74) is -0.124. The van der Waals surface area contributed by atoms with E-state index < -0.39 is 64.4 Å². The number of fused-ring (bicyclic) bond motifs is 4. The van der Waals surface area contributed by atoms with Crippen LogP contribution in [-0.2, 0) is 24.0 Å². The van der Waals surface area contributed by atoms with Gasteiger partial charge in [0, 0.05) is 24.4 Å². The molecule has 0 aromatic heterocycles. The normalized spacial score (nSPS) is 29.8. The number of aliphatic carboxylic acids is 1. The third-order valence-corrected chi connectivity index (χ3v) is 9.98. The third-order valence-electron chi connectivity index (χ3n) is 9.98. The number of aromatic hydroxyl groups is 1. The summed E-state index contributed by atoms with van der Waals surface area (Å²) in [7, 11) is 0. The van der Waals surface area contributed by atoms with E-state index in [1.54, 1.807) is 43.3 Å². The minimum atomic E-state index is -1.37. The van der Waals surface area contributed by atoms with E-state index in [9.17, 15) is 33.5 Å². The number of imide groups is 2. The van der Waals surface area contributed by atoms with Gasteiger partial charge in [-0.1, -0.05) is 48.4 Å². The first kappa shape index (κ1) is 28.8. The molecule has 3 fully saturated rings. The first-order chi connectivity index (χ1) is 20.6. The van der Waals surface area contributed by atoms with Crippen LogP contribution in [-0.4, -0.2) is 51.3 Å². The van der Waals surface area contributed by atoms with Crippen LogP contribution < -0.4 is 4.90 Å². The molecule has 6 rings (SSSR count). The number of nitrogens with zero attached hydrogens (tertiary/aromatic N) is 2. The van der Waals surface area contributed by atoms with Gasteiger partial charge in [-0.05, 0) is 56.7 Å². The number of carboxylic acids is 1. The van der Waals surface area contributed by atoms with Crippen LogP contribution in [0.4, 0.5) is 10.1 Å². The van der Waals surface area contributed by atoms with Crippen molar-refractivity contribution in [3.8, 4) is 5.75 Å². The Morgan fingerprint density at radius 1 is 0.953 bits per heavy atom. The lowest BCUT2D eigenvalue weighted by Crippen LogP contribution is -2.49. The zero-order valence-corrected chi connectivity index (χ0v) is 23.7. The first-order valence-electron chi connectivity index (χ1n) is 14.7. The number of unbranched alkanes of at least 4 members (excludes halogenated alkanes) is 2. The Hall–Kier alpha value is -4.34. The summed E-state index contributed by atoms with van der Waals surface area (Å²) in [5, 5.41) is 19.8. The molecule has 2 aromatic rings. The molecule has 6 atom stereocenters. The number of para-hydroxylation sites is 2. The Morgan fingerprint density at radius 3 is 2.42 bits per heavy atom. The third kappa shape index (κ3) is 4.37. The average molecular weight is 589 g/mol. The molecule has 2 saturated heterocycles. The summed E-state index contributed by atoms with van der Waals surface area (Å²) in [6, 6.07) is 12.7. The van der Waals surface area contributed by atoms with Crippen LogP contribution in [0.2, 0.25) is 0 Å². The van der Waals surface area contributed by atoms with Crippen LogP contribution in [0.5, 0.6) is 5.75 Å². The topological polar surface area (TPSA) is 132 Å². The summed E-state index contributed by atoms with van der Waals surface area (Å²) in [4.78, 5) is 68.9. The molecule has 10 heteroatoms. The Morgan fingerprint density at radius 2 is 1.70 bits per heavy atom. The second-order valence-electron chi connectivity index (χ2n) is 12.2. The van der Waals surface area contributed by atoms with Crippen molar-refractivity contribution in [1.82, 2.24) is 4.90 Å². The molecular formula is C33H33FN2O7. The van der Waals surface area contributed by atoms with Gasteiger partial charge in [0.15, 0.2) is 11.6 Å². The van der Waals surface area contributed by atoms with Crippen LogP contribution in [0.25, 0.3) is 0 Å². The molecule has 0 radical (unpaired) electrons. The van der Waals surface area contributed by atoms with E-state index >= 15 is 0 Å². The number of benzene rings is 2. The lowest BCUT2D eigenvalue weighted by atomic mass is 9.51. The van der Waals surface area contributed by atoms with Crippen molar-refractivity contribution in [3.63, 3.8) is 0 Å². The highest BCUT2D eigenvalue weighted by Gasteiger charge is 2.67. The Kier molecular flexibility index (Phi) is 7.18. The maximum absolute atomic E-state index is 14.8. The van der Waals surface area contributed by atoms with Gasteiger partial charge in [-0.25, -0.2) is 9.29 Å². The highest BCUT2D eigenvalue weighted by Crippen LogP contribution is 2.64. The van der Waals surface area contributed by atoms with Gasteiger partial charge in [-0.2, -0.15) is 0 Å². The van der Waals surface area contributed by atoms with Gasteiger partial charge in [-0.3, -0.25) is 28.9 Å². The minimum Gasteiger partial charge on any atom is -0.505 e. The van der Waals surface area contributed by atoms with Gasteiger partial charge in [-0.15, -0.1) is 0 Å². The van der Waals surface area contributed by atoms with Crippen molar-refractivity contribution in [2.75, 3.05) is 11.4 Å². The standard InChI is InChI=1S/C33H33FN2O7/c1-33-23(30(41)36(32(33)43)18-9-4-2-5-10-18)17-22-19(27(33)21-11-8-12-24(34)28(21)39)14-15-20-26(22)31(42)35(29(20)40)16-7-3-6-13-25(37)38/h2,4-5,8-12,14,20,22-23,26-27,39H,3,6-7,13,15-17H2,1H3,(H,37,38)/t20-,22+,23-,26-,27+,33+/m0/s1. The fourth-order valence-electron chi connectivity index (χ4n) is 7.96. The second kappa shape index (κ2) is 10.7. The summed E-state index contributed by atoms with van der Waals surface area (Å²) in [5.74, 6) is -7.57. The fourth-order valence-corrected chi connectivity index (χ4v) is 7.96. The van der Waals surface area contributed by atoms with Crippen molar-refractivity contribution in [3.05, 3.63) is 71.6 Å². The van der Waals surface area contributed by atoms with E-state index in [1.165, 1.54) is 11.0 Å². The number of hydrogen-bond donors (Lipinski definition) is 2. The maximum Gasteiger partial charge on any atom is 0.303 e. The average Bonchev–Trinajstić information content (AvgIpc) is 3.34. The van der Waals surface area contributed by atoms with E-state index in [4.69, 9.17) is 5.11 Å². The molecule has 0 bridgehead atoms. The van der Waals surface area contributed by atoms with E-state index in [2.05, 4.69) is 0 Å². The molecule has 2 aliphatic heterocycles. The van der Waals surface area contributed by atoms with Gasteiger partial charge >= 0.3 is 5.97 Å². The highest BCUT2D eigenvalue weighted by molar-refractivity contribution is 6.24. The molecule has 2 N–H and O–H groups in total. The predicted molar refractivity (Wildman–Crippen MR) is 152 cm³/mol. The van der Waals surface area contributed by atoms with Gasteiger partial charge in [0.25, 0.3) is 0 Å². The Labute approximate surface area is 248 Å². The number of rotatable bonds is 8. The first-order valence-corrected chi connectivity index (χ1v) is 14.7. The zero-order chi connectivity index (χ0) is 30.6. The molecule has 2 aliphatic carbocycles. The summed E-state index contributed by atoms with van der Waals surface area (Å²) < 4.78 is 14.8. The summed E-state index contributed by atoms with van der Waals surface area (Å²) >= 11 is 0. The molecular weight excluding hydrogens is 555 g/mol. The number of likely N-dealkylation sites (tertiary alicyclic amines) is 1. The summed E-state index contributed by atoms with van der Waals surface area (Å²) in [6.45, 7) is 1.87. The number of carboxylic acid groups (broad SMARTS) is 1. The molecule has 0 unspecified atom stereocenters. The van der Waals surface area contributed by atoms with Crippen LogP contribution in [0.3, 0.4) is 0 Å². The molecule has 2 heterocycles. The van der Waals surface area contributed by atoms with Gasteiger partial charge in [0.05, 0.1) is 28.9 Å². The van der Waals surface area contributed by atoms with Crippen molar-refractivity contribution in [1.29, 1.82) is 0 Å². The molecule has 4 aliphatic rings.